The average Bonchev–Trinajstić information content (AvgIpc) is 2.06. The molecule has 0 spiro atoms. The lowest BCUT2D eigenvalue weighted by Crippen LogP contribution is -2.41. The van der Waals surface area contributed by atoms with Crippen LogP contribution in [0.5, 0.6) is 0 Å². The van der Waals surface area contributed by atoms with E-state index >= 15 is 0 Å². The first-order chi connectivity index (χ1) is 6.74. The van der Waals surface area contributed by atoms with Crippen molar-refractivity contribution < 1.29 is 9.53 Å². The first-order valence-electron chi connectivity index (χ1n) is 4.96. The molecule has 0 aliphatic carbocycles. The van der Waals surface area contributed by atoms with Crippen LogP contribution in [0.3, 0.4) is 0 Å². The molecule has 1 atom stereocenters. The minimum Gasteiger partial charge on any atom is -0.379 e. The van der Waals surface area contributed by atoms with Crippen molar-refractivity contribution in [3.05, 3.63) is 0 Å². The number of carbonyl (C=O) groups is 1. The normalized spacial score (nSPS) is 18.9. The van der Waals surface area contributed by atoms with E-state index in [0.29, 0.717) is 5.25 Å². The monoisotopic (exact) mass is 218 g/mol. The van der Waals surface area contributed by atoms with Gasteiger partial charge in [-0.2, -0.15) is 11.8 Å². The van der Waals surface area contributed by atoms with Crippen molar-refractivity contribution in [1.29, 1.82) is 0 Å². The van der Waals surface area contributed by atoms with Crippen LogP contribution in [0.4, 0.5) is 0 Å². The molecule has 0 aromatic heterocycles. The number of primary amides is 1. The summed E-state index contributed by atoms with van der Waals surface area (Å²) in [7, 11) is 0. The molecule has 5 heteroatoms. The van der Waals surface area contributed by atoms with Crippen molar-refractivity contribution in [2.24, 2.45) is 5.73 Å². The third-order valence-corrected chi connectivity index (χ3v) is 3.38. The summed E-state index contributed by atoms with van der Waals surface area (Å²) in [5, 5.41) is 3.70. The highest BCUT2D eigenvalue weighted by molar-refractivity contribution is 8.00. The Morgan fingerprint density at radius 1 is 1.71 bits per heavy atom. The van der Waals surface area contributed by atoms with Crippen molar-refractivity contribution in [3.8, 4) is 0 Å². The second kappa shape index (κ2) is 6.27. The number of nitrogens with one attached hydrogen (secondary N) is 1. The molecule has 1 unspecified atom stereocenters. The molecule has 0 bridgehead atoms. The second-order valence-corrected chi connectivity index (χ2v) is 4.74. The largest absolute Gasteiger partial charge is 0.379 e. The smallest absolute Gasteiger partial charge is 0.234 e. The Balaban J connectivity index is 2.08. The first-order valence-corrected chi connectivity index (χ1v) is 6.01. The maximum absolute atomic E-state index is 11.0. The van der Waals surface area contributed by atoms with E-state index < -0.39 is 0 Å². The zero-order chi connectivity index (χ0) is 10.4. The number of likely N-dealkylation sites (N-methyl/N-ethyl adjacent to an activating group) is 1. The number of nitrogens with two attached hydrogens (primary N) is 1. The Hall–Kier alpha value is -0.260. The SMILES string of the molecule is CCNC(CCSC1COC1)C(N)=O. The summed E-state index contributed by atoms with van der Waals surface area (Å²) in [6.07, 6.45) is 0.810. The summed E-state index contributed by atoms with van der Waals surface area (Å²) >= 11 is 1.86. The molecule has 1 heterocycles. The molecule has 1 amide bonds. The minimum atomic E-state index is -0.252. The standard InChI is InChI=1S/C9H18N2O2S/c1-2-11-8(9(10)12)3-4-14-7-5-13-6-7/h7-8,11H,2-6H2,1H3,(H2,10,12). The van der Waals surface area contributed by atoms with E-state index in [2.05, 4.69) is 5.32 Å². The van der Waals surface area contributed by atoms with Gasteiger partial charge >= 0.3 is 0 Å². The fourth-order valence-corrected chi connectivity index (χ4v) is 2.34. The van der Waals surface area contributed by atoms with Crippen molar-refractivity contribution in [2.75, 3.05) is 25.5 Å². The average molecular weight is 218 g/mol. The summed E-state index contributed by atoms with van der Waals surface area (Å²) < 4.78 is 5.06. The second-order valence-electron chi connectivity index (χ2n) is 3.33. The Morgan fingerprint density at radius 2 is 2.43 bits per heavy atom. The Labute approximate surface area is 88.9 Å². The van der Waals surface area contributed by atoms with Gasteiger partial charge in [0, 0.05) is 0 Å². The van der Waals surface area contributed by atoms with Gasteiger partial charge in [0.2, 0.25) is 5.91 Å². The Kier molecular flexibility index (Phi) is 5.29. The van der Waals surface area contributed by atoms with E-state index in [-0.39, 0.29) is 11.9 Å². The van der Waals surface area contributed by atoms with Gasteiger partial charge in [-0.15, -0.1) is 0 Å². The molecule has 82 valence electrons. The Morgan fingerprint density at radius 3 is 2.86 bits per heavy atom. The number of carbonyl (C=O) groups excluding carboxylic acids is 1. The highest BCUT2D eigenvalue weighted by Gasteiger charge is 2.20. The molecule has 1 saturated heterocycles. The Bertz CT molecular complexity index is 186. The molecule has 0 saturated carbocycles. The fourth-order valence-electron chi connectivity index (χ4n) is 1.25. The van der Waals surface area contributed by atoms with Crippen LogP contribution in [0.15, 0.2) is 0 Å². The van der Waals surface area contributed by atoms with Gasteiger partial charge < -0.3 is 15.8 Å². The molecular formula is C9H18N2O2S. The minimum absolute atomic E-state index is 0.173. The molecule has 4 nitrogen and oxygen atoms in total. The highest BCUT2D eigenvalue weighted by Crippen LogP contribution is 2.19. The number of amides is 1. The number of rotatable bonds is 7. The number of thioether (sulfide) groups is 1. The van der Waals surface area contributed by atoms with Gasteiger partial charge in [-0.3, -0.25) is 4.79 Å². The van der Waals surface area contributed by atoms with Gasteiger partial charge in [0.05, 0.1) is 24.5 Å². The quantitative estimate of drug-likeness (QED) is 0.630. The van der Waals surface area contributed by atoms with Crippen molar-refractivity contribution in [3.63, 3.8) is 0 Å². The summed E-state index contributed by atoms with van der Waals surface area (Å²) in [6, 6.07) is -0.173. The molecule has 1 aliphatic rings. The predicted octanol–water partition coefficient (Wildman–Crippen LogP) is -0.0281. The van der Waals surface area contributed by atoms with Crippen molar-refractivity contribution >= 4 is 17.7 Å². The van der Waals surface area contributed by atoms with Gasteiger partial charge in [0.1, 0.15) is 0 Å². The molecule has 0 aromatic carbocycles. The number of hydrogen-bond acceptors (Lipinski definition) is 4. The van der Waals surface area contributed by atoms with E-state index in [4.69, 9.17) is 10.5 Å². The molecule has 3 N–H and O–H groups in total. The van der Waals surface area contributed by atoms with Crippen LogP contribution in [-0.2, 0) is 9.53 Å². The van der Waals surface area contributed by atoms with Gasteiger partial charge in [-0.25, -0.2) is 0 Å². The van der Waals surface area contributed by atoms with E-state index in [9.17, 15) is 4.79 Å². The molecule has 14 heavy (non-hydrogen) atoms. The fraction of sp³-hybridized carbons (Fsp3) is 0.889. The van der Waals surface area contributed by atoms with Crippen LogP contribution in [0.1, 0.15) is 13.3 Å². The van der Waals surface area contributed by atoms with Crippen LogP contribution in [0.2, 0.25) is 0 Å². The lowest BCUT2D eigenvalue weighted by molar-refractivity contribution is -0.120. The van der Waals surface area contributed by atoms with Gasteiger partial charge in [-0.05, 0) is 18.7 Å². The maximum Gasteiger partial charge on any atom is 0.234 e. The lowest BCUT2D eigenvalue weighted by atomic mass is 10.2. The van der Waals surface area contributed by atoms with Crippen LogP contribution in [-0.4, -0.2) is 42.7 Å². The highest BCUT2D eigenvalue weighted by atomic mass is 32.2. The molecule has 1 rings (SSSR count). The van der Waals surface area contributed by atoms with Gasteiger partial charge in [0.25, 0.3) is 0 Å². The topological polar surface area (TPSA) is 64.3 Å². The van der Waals surface area contributed by atoms with Crippen molar-refractivity contribution in [1.82, 2.24) is 5.32 Å². The van der Waals surface area contributed by atoms with E-state index in [1.807, 2.05) is 18.7 Å². The zero-order valence-electron chi connectivity index (χ0n) is 8.49. The molecule has 1 aliphatic heterocycles. The van der Waals surface area contributed by atoms with Gasteiger partial charge in [0.15, 0.2) is 0 Å². The predicted molar refractivity (Wildman–Crippen MR) is 58.3 cm³/mol. The molecule has 1 fully saturated rings. The molecule has 0 radical (unpaired) electrons. The van der Waals surface area contributed by atoms with E-state index in [1.54, 1.807) is 0 Å². The van der Waals surface area contributed by atoms with E-state index in [0.717, 1.165) is 31.9 Å². The maximum atomic E-state index is 11.0. The number of ether oxygens (including phenoxy) is 1. The van der Waals surface area contributed by atoms with Crippen LogP contribution < -0.4 is 11.1 Å². The lowest BCUT2D eigenvalue weighted by Gasteiger charge is -2.25. The van der Waals surface area contributed by atoms with Crippen LogP contribution in [0.25, 0.3) is 0 Å². The summed E-state index contributed by atoms with van der Waals surface area (Å²) in [5.74, 6) is 0.714. The summed E-state index contributed by atoms with van der Waals surface area (Å²) in [5.41, 5.74) is 5.25. The van der Waals surface area contributed by atoms with E-state index in [1.165, 1.54) is 0 Å². The third kappa shape index (κ3) is 3.86. The summed E-state index contributed by atoms with van der Waals surface area (Å²) in [4.78, 5) is 11.0. The molecular weight excluding hydrogens is 200 g/mol. The zero-order valence-corrected chi connectivity index (χ0v) is 9.31. The number of hydrogen-bond donors (Lipinski definition) is 2. The molecule has 0 aromatic rings. The summed E-state index contributed by atoms with van der Waals surface area (Å²) in [6.45, 7) is 4.47. The van der Waals surface area contributed by atoms with Crippen LogP contribution >= 0.6 is 11.8 Å². The van der Waals surface area contributed by atoms with Crippen molar-refractivity contribution in [2.45, 2.75) is 24.6 Å². The van der Waals surface area contributed by atoms with Gasteiger partial charge in [-0.1, -0.05) is 6.92 Å². The van der Waals surface area contributed by atoms with Crippen LogP contribution in [0, 0.1) is 0 Å². The third-order valence-electron chi connectivity index (χ3n) is 2.16. The first kappa shape index (κ1) is 11.8.